The van der Waals surface area contributed by atoms with Gasteiger partial charge in [0.1, 0.15) is 23.9 Å². The molecule has 0 aliphatic carbocycles. The lowest BCUT2D eigenvalue weighted by Gasteiger charge is -2.33. The van der Waals surface area contributed by atoms with E-state index in [9.17, 15) is 12.8 Å². The second kappa shape index (κ2) is 9.09. The largest absolute Gasteiger partial charge is 0.497 e. The molecular formula is C19H22ClFN2O4S. The summed E-state index contributed by atoms with van der Waals surface area (Å²) in [5.74, 6) is 0.893. The van der Waals surface area contributed by atoms with Crippen LogP contribution < -0.4 is 9.47 Å². The van der Waals surface area contributed by atoms with E-state index in [1.807, 2.05) is 24.3 Å². The molecule has 152 valence electrons. The number of hydrogen-bond donors (Lipinski definition) is 0. The number of hydrogen-bond acceptors (Lipinski definition) is 5. The summed E-state index contributed by atoms with van der Waals surface area (Å²) in [5, 5.41) is -0.199. The van der Waals surface area contributed by atoms with Crippen LogP contribution in [0.15, 0.2) is 47.4 Å². The van der Waals surface area contributed by atoms with Gasteiger partial charge in [-0.2, -0.15) is 4.31 Å². The Kier molecular flexibility index (Phi) is 6.77. The molecule has 1 aliphatic heterocycles. The first-order valence-corrected chi connectivity index (χ1v) is 10.7. The van der Waals surface area contributed by atoms with E-state index in [1.54, 1.807) is 7.11 Å². The number of piperazine rings is 1. The molecule has 0 N–H and O–H groups in total. The Bertz CT molecular complexity index is 901. The Morgan fingerprint density at radius 3 is 2.29 bits per heavy atom. The summed E-state index contributed by atoms with van der Waals surface area (Å²) >= 11 is 5.72. The van der Waals surface area contributed by atoms with Gasteiger partial charge in [-0.25, -0.2) is 12.8 Å². The zero-order valence-electron chi connectivity index (χ0n) is 15.5. The van der Waals surface area contributed by atoms with Crippen molar-refractivity contribution in [1.82, 2.24) is 9.21 Å². The van der Waals surface area contributed by atoms with E-state index in [0.717, 1.165) is 23.6 Å². The molecule has 1 fully saturated rings. The van der Waals surface area contributed by atoms with Crippen molar-refractivity contribution in [3.8, 4) is 11.5 Å². The van der Waals surface area contributed by atoms with Crippen LogP contribution in [0.4, 0.5) is 4.39 Å². The summed E-state index contributed by atoms with van der Waals surface area (Å²) in [6.45, 7) is 3.12. The summed E-state index contributed by atoms with van der Waals surface area (Å²) in [6, 6.07) is 10.8. The SMILES string of the molecule is COc1ccc(OCCN2CCN(S(=O)(=O)c3ccc(F)c(Cl)c3)CC2)cc1. The van der Waals surface area contributed by atoms with E-state index in [1.165, 1.54) is 10.4 Å². The predicted octanol–water partition coefficient (Wildman–Crippen LogP) is 2.87. The molecule has 0 unspecified atom stereocenters. The number of ether oxygens (including phenoxy) is 2. The monoisotopic (exact) mass is 428 g/mol. The Balaban J connectivity index is 1.48. The Morgan fingerprint density at radius 2 is 1.68 bits per heavy atom. The van der Waals surface area contributed by atoms with Gasteiger partial charge in [0.15, 0.2) is 0 Å². The van der Waals surface area contributed by atoms with Gasteiger partial charge >= 0.3 is 0 Å². The molecule has 0 amide bonds. The number of methoxy groups -OCH3 is 1. The number of benzene rings is 2. The van der Waals surface area contributed by atoms with Gasteiger partial charge in [0.2, 0.25) is 10.0 Å². The van der Waals surface area contributed by atoms with Gasteiger partial charge in [0.25, 0.3) is 0 Å². The second-order valence-corrected chi connectivity index (χ2v) is 8.69. The highest BCUT2D eigenvalue weighted by molar-refractivity contribution is 7.89. The van der Waals surface area contributed by atoms with Gasteiger partial charge in [0, 0.05) is 32.7 Å². The molecule has 0 atom stereocenters. The number of nitrogens with zero attached hydrogens (tertiary/aromatic N) is 2. The molecule has 6 nitrogen and oxygen atoms in total. The second-order valence-electron chi connectivity index (χ2n) is 6.35. The van der Waals surface area contributed by atoms with Crippen molar-refractivity contribution in [1.29, 1.82) is 0 Å². The van der Waals surface area contributed by atoms with E-state index in [4.69, 9.17) is 21.1 Å². The summed E-state index contributed by atoms with van der Waals surface area (Å²) < 4.78 is 50.9. The summed E-state index contributed by atoms with van der Waals surface area (Å²) in [7, 11) is -2.07. The normalized spacial score (nSPS) is 16.1. The van der Waals surface area contributed by atoms with Crippen molar-refractivity contribution in [3.05, 3.63) is 53.3 Å². The molecule has 0 radical (unpaired) electrons. The van der Waals surface area contributed by atoms with Crippen molar-refractivity contribution < 1.29 is 22.3 Å². The smallest absolute Gasteiger partial charge is 0.243 e. The Morgan fingerprint density at radius 1 is 1.04 bits per heavy atom. The molecule has 2 aromatic rings. The van der Waals surface area contributed by atoms with Crippen LogP contribution in [0.1, 0.15) is 0 Å². The molecule has 0 aromatic heterocycles. The Labute approximate surface area is 169 Å². The van der Waals surface area contributed by atoms with Gasteiger partial charge in [-0.05, 0) is 42.5 Å². The van der Waals surface area contributed by atoms with Gasteiger partial charge in [-0.1, -0.05) is 11.6 Å². The van der Waals surface area contributed by atoms with E-state index in [2.05, 4.69) is 4.90 Å². The lowest BCUT2D eigenvalue weighted by atomic mass is 10.3. The third-order valence-corrected chi connectivity index (χ3v) is 6.78. The Hall–Kier alpha value is -1.87. The van der Waals surface area contributed by atoms with Gasteiger partial charge in [-0.3, -0.25) is 4.90 Å². The molecule has 1 saturated heterocycles. The number of halogens is 2. The quantitative estimate of drug-likeness (QED) is 0.678. The highest BCUT2D eigenvalue weighted by atomic mass is 35.5. The van der Waals surface area contributed by atoms with Crippen LogP contribution in [0.5, 0.6) is 11.5 Å². The van der Waals surface area contributed by atoms with E-state index < -0.39 is 15.8 Å². The van der Waals surface area contributed by atoms with Crippen molar-refractivity contribution in [2.24, 2.45) is 0 Å². The van der Waals surface area contributed by atoms with Gasteiger partial charge < -0.3 is 9.47 Å². The maximum Gasteiger partial charge on any atom is 0.243 e. The summed E-state index contributed by atoms with van der Waals surface area (Å²) in [6.07, 6.45) is 0. The van der Waals surface area contributed by atoms with Crippen LogP contribution in [0, 0.1) is 5.82 Å². The highest BCUT2D eigenvalue weighted by Gasteiger charge is 2.28. The molecule has 9 heteroatoms. The average molecular weight is 429 g/mol. The fourth-order valence-corrected chi connectivity index (χ4v) is 4.64. The standard InChI is InChI=1S/C19H22ClFN2O4S/c1-26-15-2-4-16(5-3-15)27-13-12-22-8-10-23(11-9-22)28(24,25)17-6-7-19(21)18(20)14-17/h2-7,14H,8-13H2,1H3. The van der Waals surface area contributed by atoms with Crippen molar-refractivity contribution >= 4 is 21.6 Å². The van der Waals surface area contributed by atoms with Crippen LogP contribution >= 0.6 is 11.6 Å². The predicted molar refractivity (Wildman–Crippen MR) is 105 cm³/mol. The fourth-order valence-electron chi connectivity index (χ4n) is 2.94. The zero-order chi connectivity index (χ0) is 20.1. The van der Waals surface area contributed by atoms with E-state index in [0.29, 0.717) is 39.3 Å². The lowest BCUT2D eigenvalue weighted by molar-refractivity contribution is 0.159. The minimum Gasteiger partial charge on any atom is -0.497 e. The summed E-state index contributed by atoms with van der Waals surface area (Å²) in [5.41, 5.74) is 0. The maximum atomic E-state index is 13.3. The third-order valence-electron chi connectivity index (χ3n) is 4.60. The molecule has 0 bridgehead atoms. The molecular weight excluding hydrogens is 407 g/mol. The average Bonchev–Trinajstić information content (AvgIpc) is 2.71. The van der Waals surface area contributed by atoms with Crippen molar-refractivity contribution in [3.63, 3.8) is 0 Å². The first kappa shape index (κ1) is 20.9. The van der Waals surface area contributed by atoms with Gasteiger partial charge in [-0.15, -0.1) is 0 Å². The fraction of sp³-hybridized carbons (Fsp3) is 0.368. The first-order valence-electron chi connectivity index (χ1n) is 8.84. The minimum atomic E-state index is -3.68. The highest BCUT2D eigenvalue weighted by Crippen LogP contribution is 2.23. The maximum absolute atomic E-state index is 13.3. The number of rotatable bonds is 7. The zero-order valence-corrected chi connectivity index (χ0v) is 17.0. The van der Waals surface area contributed by atoms with Crippen molar-refractivity contribution in [2.45, 2.75) is 4.90 Å². The van der Waals surface area contributed by atoms with E-state index in [-0.39, 0.29) is 9.92 Å². The molecule has 0 spiro atoms. The van der Waals surface area contributed by atoms with Crippen LogP contribution in [-0.2, 0) is 10.0 Å². The minimum absolute atomic E-state index is 0.00943. The first-order chi connectivity index (χ1) is 13.4. The van der Waals surface area contributed by atoms with Crippen LogP contribution in [0.2, 0.25) is 5.02 Å². The number of sulfonamides is 1. The molecule has 28 heavy (non-hydrogen) atoms. The van der Waals surface area contributed by atoms with Gasteiger partial charge in [0.05, 0.1) is 17.0 Å². The molecule has 2 aromatic carbocycles. The van der Waals surface area contributed by atoms with Crippen molar-refractivity contribution in [2.75, 3.05) is 46.4 Å². The van der Waals surface area contributed by atoms with Crippen LogP contribution in [-0.4, -0.2) is 64.1 Å². The third kappa shape index (κ3) is 4.94. The lowest BCUT2D eigenvalue weighted by Crippen LogP contribution is -2.49. The molecule has 3 rings (SSSR count). The molecule has 1 heterocycles. The van der Waals surface area contributed by atoms with E-state index >= 15 is 0 Å². The topological polar surface area (TPSA) is 59.1 Å². The molecule has 0 saturated carbocycles. The van der Waals surface area contributed by atoms with Crippen LogP contribution in [0.25, 0.3) is 0 Å². The van der Waals surface area contributed by atoms with Crippen LogP contribution in [0.3, 0.4) is 0 Å². The summed E-state index contributed by atoms with van der Waals surface area (Å²) in [4.78, 5) is 2.16. The molecule has 1 aliphatic rings.